The van der Waals surface area contributed by atoms with E-state index < -0.39 is 11.8 Å². The Morgan fingerprint density at radius 3 is 2.75 bits per heavy atom. The van der Waals surface area contributed by atoms with Gasteiger partial charge in [0.15, 0.2) is 6.61 Å². The van der Waals surface area contributed by atoms with Crippen LogP contribution in [0, 0.1) is 0 Å². The van der Waals surface area contributed by atoms with Gasteiger partial charge in [0.2, 0.25) is 0 Å². The van der Waals surface area contributed by atoms with Gasteiger partial charge in [-0.25, -0.2) is 0 Å². The van der Waals surface area contributed by atoms with Crippen LogP contribution in [0.2, 0.25) is 0 Å². The smallest absolute Gasteiger partial charge is 0.274 e. The maximum absolute atomic E-state index is 11.8. The third kappa shape index (κ3) is 3.38. The summed E-state index contributed by atoms with van der Waals surface area (Å²) in [6.07, 6.45) is 1.72. The minimum Gasteiger partial charge on any atom is -0.484 e. The molecule has 0 bridgehead atoms. The van der Waals surface area contributed by atoms with Crippen molar-refractivity contribution in [2.75, 3.05) is 12.3 Å². The second-order valence-electron chi connectivity index (χ2n) is 4.24. The van der Waals surface area contributed by atoms with Crippen LogP contribution in [0.15, 0.2) is 42.6 Å². The van der Waals surface area contributed by atoms with Crippen molar-refractivity contribution >= 4 is 17.5 Å². The van der Waals surface area contributed by atoms with Crippen molar-refractivity contribution in [3.8, 4) is 5.75 Å². The van der Waals surface area contributed by atoms with Crippen molar-refractivity contribution in [2.45, 2.75) is 0 Å². The van der Waals surface area contributed by atoms with E-state index >= 15 is 0 Å². The zero-order valence-electron chi connectivity index (χ0n) is 11.0. The molecule has 0 unspecified atom stereocenters. The van der Waals surface area contributed by atoms with Crippen molar-refractivity contribution in [1.29, 1.82) is 0 Å². The number of carbonyl (C=O) groups is 2. The Bertz CT molecular complexity index is 634. The highest BCUT2D eigenvalue weighted by Crippen LogP contribution is 2.14. The summed E-state index contributed by atoms with van der Waals surface area (Å²) in [6.45, 7) is -0.250. The van der Waals surface area contributed by atoms with E-state index in [9.17, 15) is 9.59 Å². The summed E-state index contributed by atoms with van der Waals surface area (Å²) in [5.74, 6) is -0.497. The average molecular weight is 273 g/mol. The maximum atomic E-state index is 11.8. The third-order valence-electron chi connectivity index (χ3n) is 2.66. The molecule has 2 amide bonds. The molecule has 2 rings (SSSR count). The average Bonchev–Trinajstić information content (AvgIpc) is 2.83. The normalized spacial score (nSPS) is 10.1. The lowest BCUT2D eigenvalue weighted by Gasteiger charge is -2.07. The quantitative estimate of drug-likeness (QED) is 0.812. The number of aryl methyl sites for hydroxylation is 1. The highest BCUT2D eigenvalue weighted by molar-refractivity contribution is 6.04. The molecule has 6 heteroatoms. The zero-order chi connectivity index (χ0) is 14.5. The number of amides is 2. The molecule has 3 N–H and O–H groups in total. The highest BCUT2D eigenvalue weighted by Gasteiger charge is 2.13. The van der Waals surface area contributed by atoms with E-state index in [2.05, 4.69) is 5.32 Å². The summed E-state index contributed by atoms with van der Waals surface area (Å²) in [5, 5.41) is 2.25. The molecule has 0 atom stereocenters. The van der Waals surface area contributed by atoms with Gasteiger partial charge in [0.1, 0.15) is 11.4 Å². The number of nitrogens with zero attached hydrogens (tertiary/aromatic N) is 1. The maximum Gasteiger partial charge on any atom is 0.274 e. The van der Waals surface area contributed by atoms with Gasteiger partial charge < -0.3 is 15.0 Å². The summed E-state index contributed by atoms with van der Waals surface area (Å²) in [7, 11) is 1.72. The van der Waals surface area contributed by atoms with Crippen LogP contribution in [0.3, 0.4) is 0 Å². The topological polar surface area (TPSA) is 86.3 Å². The first-order valence-electron chi connectivity index (χ1n) is 6.00. The predicted octanol–water partition coefficient (Wildman–Crippen LogP) is 0.943. The van der Waals surface area contributed by atoms with E-state index in [1.165, 1.54) is 0 Å². The molecule has 0 aliphatic heterocycles. The number of imide groups is 1. The van der Waals surface area contributed by atoms with Gasteiger partial charge in [-0.15, -0.1) is 0 Å². The van der Waals surface area contributed by atoms with Gasteiger partial charge in [0, 0.05) is 25.0 Å². The monoisotopic (exact) mass is 273 g/mol. The lowest BCUT2D eigenvalue weighted by molar-refractivity contribution is -0.122. The van der Waals surface area contributed by atoms with E-state index in [4.69, 9.17) is 10.5 Å². The van der Waals surface area contributed by atoms with Crippen LogP contribution in [0.1, 0.15) is 10.5 Å². The highest BCUT2D eigenvalue weighted by atomic mass is 16.5. The zero-order valence-corrected chi connectivity index (χ0v) is 11.0. The van der Waals surface area contributed by atoms with Gasteiger partial charge in [0.05, 0.1) is 0 Å². The van der Waals surface area contributed by atoms with E-state index in [-0.39, 0.29) is 6.61 Å². The van der Waals surface area contributed by atoms with E-state index in [0.717, 1.165) is 0 Å². The molecule has 1 aromatic carbocycles. The van der Waals surface area contributed by atoms with Gasteiger partial charge in [-0.2, -0.15) is 0 Å². The third-order valence-corrected chi connectivity index (χ3v) is 2.66. The van der Waals surface area contributed by atoms with Gasteiger partial charge in [-0.05, 0) is 24.3 Å². The molecule has 2 aromatic rings. The van der Waals surface area contributed by atoms with Crippen LogP contribution < -0.4 is 15.8 Å². The fourth-order valence-electron chi connectivity index (χ4n) is 1.68. The molecule has 0 spiro atoms. The Labute approximate surface area is 116 Å². The summed E-state index contributed by atoms with van der Waals surface area (Å²) in [4.78, 5) is 23.4. The Hall–Kier alpha value is -2.76. The number of nitrogen functional groups attached to an aromatic ring is 1. The molecule has 0 aliphatic rings. The fourth-order valence-corrected chi connectivity index (χ4v) is 1.68. The molecule has 0 aliphatic carbocycles. The molecule has 104 valence electrons. The van der Waals surface area contributed by atoms with Gasteiger partial charge in [0.25, 0.3) is 11.8 Å². The number of rotatable bonds is 4. The lowest BCUT2D eigenvalue weighted by atomic mass is 10.3. The number of benzene rings is 1. The molecule has 0 saturated carbocycles. The Morgan fingerprint density at radius 1 is 1.30 bits per heavy atom. The number of ether oxygens (including phenoxy) is 1. The molecule has 20 heavy (non-hydrogen) atoms. The van der Waals surface area contributed by atoms with Crippen LogP contribution in [0.25, 0.3) is 0 Å². The standard InChI is InChI=1S/C14H15N3O3/c1-17-7-3-6-12(17)14(19)16-13(18)9-20-11-5-2-4-10(15)8-11/h2-8H,9,15H2,1H3,(H,16,18,19). The first-order chi connectivity index (χ1) is 9.56. The van der Waals surface area contributed by atoms with E-state index in [0.29, 0.717) is 17.1 Å². The second kappa shape index (κ2) is 5.92. The van der Waals surface area contributed by atoms with Crippen molar-refractivity contribution in [3.63, 3.8) is 0 Å². The Morgan fingerprint density at radius 2 is 2.10 bits per heavy atom. The van der Waals surface area contributed by atoms with Gasteiger partial charge in [-0.3, -0.25) is 14.9 Å². The summed E-state index contributed by atoms with van der Waals surface area (Å²) < 4.78 is 6.87. The number of nitrogens with two attached hydrogens (primary N) is 1. The van der Waals surface area contributed by atoms with Crippen LogP contribution in [-0.2, 0) is 11.8 Å². The minimum absolute atomic E-state index is 0.250. The molecule has 1 heterocycles. The number of hydrogen-bond donors (Lipinski definition) is 2. The molecule has 1 aromatic heterocycles. The number of anilines is 1. The second-order valence-corrected chi connectivity index (χ2v) is 4.24. The summed E-state index contributed by atoms with van der Waals surface area (Å²) in [6, 6.07) is 10.1. The molecule has 6 nitrogen and oxygen atoms in total. The van der Waals surface area contributed by atoms with E-state index in [1.807, 2.05) is 0 Å². The Kier molecular flexibility index (Phi) is 4.05. The van der Waals surface area contributed by atoms with Gasteiger partial charge in [-0.1, -0.05) is 6.07 Å². The van der Waals surface area contributed by atoms with E-state index in [1.54, 1.807) is 54.2 Å². The van der Waals surface area contributed by atoms with Crippen molar-refractivity contribution in [1.82, 2.24) is 9.88 Å². The summed E-state index contributed by atoms with van der Waals surface area (Å²) >= 11 is 0. The SMILES string of the molecule is Cn1cccc1C(=O)NC(=O)COc1cccc(N)c1. The molecule has 0 saturated heterocycles. The lowest BCUT2D eigenvalue weighted by Crippen LogP contribution is -2.35. The van der Waals surface area contributed by atoms with Crippen LogP contribution in [0.5, 0.6) is 5.75 Å². The van der Waals surface area contributed by atoms with Gasteiger partial charge >= 0.3 is 0 Å². The van der Waals surface area contributed by atoms with Crippen LogP contribution in [-0.4, -0.2) is 23.0 Å². The number of nitrogens with one attached hydrogen (secondary N) is 1. The first-order valence-corrected chi connectivity index (χ1v) is 6.00. The largest absolute Gasteiger partial charge is 0.484 e. The minimum atomic E-state index is -0.515. The first kappa shape index (κ1) is 13.7. The molecule has 0 radical (unpaired) electrons. The molecule has 0 fully saturated rings. The fraction of sp³-hybridized carbons (Fsp3) is 0.143. The van der Waals surface area contributed by atoms with Crippen LogP contribution in [0.4, 0.5) is 5.69 Å². The predicted molar refractivity (Wildman–Crippen MR) is 74.2 cm³/mol. The van der Waals surface area contributed by atoms with Crippen molar-refractivity contribution < 1.29 is 14.3 Å². The number of hydrogen-bond acceptors (Lipinski definition) is 4. The molecular formula is C14H15N3O3. The van der Waals surface area contributed by atoms with Crippen molar-refractivity contribution in [2.24, 2.45) is 7.05 Å². The number of aromatic nitrogens is 1. The Balaban J connectivity index is 1.87. The molecular weight excluding hydrogens is 258 g/mol. The van der Waals surface area contributed by atoms with Crippen molar-refractivity contribution in [3.05, 3.63) is 48.3 Å². The van der Waals surface area contributed by atoms with Crippen LogP contribution >= 0.6 is 0 Å². The summed E-state index contributed by atoms with van der Waals surface area (Å²) in [5.41, 5.74) is 6.54. The number of carbonyl (C=O) groups excluding carboxylic acids is 2.